The van der Waals surface area contributed by atoms with E-state index in [1.807, 2.05) is 0 Å². The molecular formula is C13H15NO5. The van der Waals surface area contributed by atoms with Crippen LogP contribution in [0, 0.1) is 5.92 Å². The summed E-state index contributed by atoms with van der Waals surface area (Å²) in [5.74, 6) is -1.47. The number of hydrogen-bond acceptors (Lipinski definition) is 4. The van der Waals surface area contributed by atoms with E-state index in [0.29, 0.717) is 18.7 Å². The fraction of sp³-hybridized carbons (Fsp3) is 0.385. The number of hydrogen-bond donors (Lipinski definition) is 2. The Bertz CT molecular complexity index is 514. The number of phenolic OH excluding ortho intramolecular Hbond substituents is 1. The Kier molecular flexibility index (Phi) is 3.59. The SMILES string of the molecule is COc1ccc(O)c(C(=O)N2CCC(C(=O)O)C2)c1. The Morgan fingerprint density at radius 3 is 2.74 bits per heavy atom. The van der Waals surface area contributed by atoms with Crippen molar-refractivity contribution in [3.8, 4) is 11.5 Å². The third kappa shape index (κ3) is 2.62. The lowest BCUT2D eigenvalue weighted by atomic mass is 10.1. The van der Waals surface area contributed by atoms with Crippen molar-refractivity contribution in [1.82, 2.24) is 4.90 Å². The molecule has 1 heterocycles. The van der Waals surface area contributed by atoms with E-state index in [1.54, 1.807) is 6.07 Å². The maximum absolute atomic E-state index is 12.2. The predicted octanol–water partition coefficient (Wildman–Crippen LogP) is 0.948. The van der Waals surface area contributed by atoms with Gasteiger partial charge in [0.15, 0.2) is 0 Å². The molecule has 0 bridgehead atoms. The van der Waals surface area contributed by atoms with Crippen molar-refractivity contribution in [3.05, 3.63) is 23.8 Å². The average molecular weight is 265 g/mol. The van der Waals surface area contributed by atoms with Crippen LogP contribution in [-0.2, 0) is 4.79 Å². The Morgan fingerprint density at radius 2 is 2.16 bits per heavy atom. The lowest BCUT2D eigenvalue weighted by molar-refractivity contribution is -0.141. The molecule has 2 rings (SSSR count). The summed E-state index contributed by atoms with van der Waals surface area (Å²) < 4.78 is 5.01. The molecule has 1 aromatic rings. The number of aromatic hydroxyl groups is 1. The van der Waals surface area contributed by atoms with Gasteiger partial charge in [-0.05, 0) is 24.6 Å². The summed E-state index contributed by atoms with van der Waals surface area (Å²) in [7, 11) is 1.47. The molecule has 0 radical (unpaired) electrons. The van der Waals surface area contributed by atoms with Crippen molar-refractivity contribution in [1.29, 1.82) is 0 Å². The highest BCUT2D eigenvalue weighted by atomic mass is 16.5. The highest BCUT2D eigenvalue weighted by Gasteiger charge is 2.32. The number of methoxy groups -OCH3 is 1. The Morgan fingerprint density at radius 1 is 1.42 bits per heavy atom. The van der Waals surface area contributed by atoms with E-state index in [2.05, 4.69) is 0 Å². The fourth-order valence-corrected chi connectivity index (χ4v) is 2.13. The maximum atomic E-state index is 12.2. The molecule has 1 atom stereocenters. The summed E-state index contributed by atoms with van der Waals surface area (Å²) in [6.07, 6.45) is 0.436. The first kappa shape index (κ1) is 13.2. The molecule has 1 unspecified atom stereocenters. The van der Waals surface area contributed by atoms with E-state index in [0.717, 1.165) is 0 Å². The molecule has 0 aromatic heterocycles. The van der Waals surface area contributed by atoms with Crippen molar-refractivity contribution < 1.29 is 24.5 Å². The number of rotatable bonds is 3. The van der Waals surface area contributed by atoms with Gasteiger partial charge in [0.05, 0.1) is 18.6 Å². The number of phenols is 1. The van der Waals surface area contributed by atoms with Crippen LogP contribution >= 0.6 is 0 Å². The maximum Gasteiger partial charge on any atom is 0.308 e. The molecule has 0 spiro atoms. The second kappa shape index (κ2) is 5.17. The van der Waals surface area contributed by atoms with Crippen molar-refractivity contribution in [3.63, 3.8) is 0 Å². The number of carboxylic acid groups (broad SMARTS) is 1. The van der Waals surface area contributed by atoms with Gasteiger partial charge < -0.3 is 19.8 Å². The molecule has 6 nitrogen and oxygen atoms in total. The summed E-state index contributed by atoms with van der Waals surface area (Å²) >= 11 is 0. The zero-order valence-corrected chi connectivity index (χ0v) is 10.5. The van der Waals surface area contributed by atoms with Crippen LogP contribution in [0.1, 0.15) is 16.8 Å². The molecule has 1 aliphatic rings. The van der Waals surface area contributed by atoms with Crippen LogP contribution in [0.2, 0.25) is 0 Å². The van der Waals surface area contributed by atoms with Gasteiger partial charge >= 0.3 is 5.97 Å². The van der Waals surface area contributed by atoms with Gasteiger partial charge in [0.25, 0.3) is 5.91 Å². The molecule has 1 aliphatic heterocycles. The molecule has 1 aromatic carbocycles. The molecular weight excluding hydrogens is 250 g/mol. The summed E-state index contributed by atoms with van der Waals surface area (Å²) in [6, 6.07) is 4.39. The molecule has 19 heavy (non-hydrogen) atoms. The number of carbonyl (C=O) groups excluding carboxylic acids is 1. The van der Waals surface area contributed by atoms with E-state index in [4.69, 9.17) is 9.84 Å². The van der Waals surface area contributed by atoms with Crippen molar-refractivity contribution in [2.45, 2.75) is 6.42 Å². The van der Waals surface area contributed by atoms with Crippen LogP contribution in [0.4, 0.5) is 0 Å². The number of carboxylic acids is 1. The second-order valence-electron chi connectivity index (χ2n) is 4.46. The number of likely N-dealkylation sites (tertiary alicyclic amines) is 1. The number of carbonyl (C=O) groups is 2. The second-order valence-corrected chi connectivity index (χ2v) is 4.46. The third-order valence-electron chi connectivity index (χ3n) is 3.26. The zero-order valence-electron chi connectivity index (χ0n) is 10.5. The molecule has 0 aliphatic carbocycles. The van der Waals surface area contributed by atoms with E-state index < -0.39 is 11.9 Å². The minimum absolute atomic E-state index is 0.130. The van der Waals surface area contributed by atoms with E-state index in [1.165, 1.54) is 24.1 Å². The van der Waals surface area contributed by atoms with Crippen LogP contribution in [0.3, 0.4) is 0 Å². The summed E-state index contributed by atoms with van der Waals surface area (Å²) in [5, 5.41) is 18.6. The van der Waals surface area contributed by atoms with Gasteiger partial charge in [0.2, 0.25) is 0 Å². The Hall–Kier alpha value is -2.24. The van der Waals surface area contributed by atoms with Crippen LogP contribution in [0.5, 0.6) is 11.5 Å². The van der Waals surface area contributed by atoms with E-state index in [9.17, 15) is 14.7 Å². The average Bonchev–Trinajstić information content (AvgIpc) is 2.88. The molecule has 1 amide bonds. The predicted molar refractivity (Wildman–Crippen MR) is 66.3 cm³/mol. The van der Waals surface area contributed by atoms with Gasteiger partial charge in [-0.2, -0.15) is 0 Å². The molecule has 1 saturated heterocycles. The van der Waals surface area contributed by atoms with Crippen molar-refractivity contribution in [2.75, 3.05) is 20.2 Å². The summed E-state index contributed by atoms with van der Waals surface area (Å²) in [5.41, 5.74) is 0.130. The number of aliphatic carboxylic acids is 1. The summed E-state index contributed by atoms with van der Waals surface area (Å²) in [6.45, 7) is 0.553. The lowest BCUT2D eigenvalue weighted by Gasteiger charge is -2.17. The third-order valence-corrected chi connectivity index (χ3v) is 3.26. The normalized spacial score (nSPS) is 18.4. The largest absolute Gasteiger partial charge is 0.507 e. The van der Waals surface area contributed by atoms with Crippen molar-refractivity contribution >= 4 is 11.9 Å². The number of nitrogens with zero attached hydrogens (tertiary/aromatic N) is 1. The fourth-order valence-electron chi connectivity index (χ4n) is 2.13. The molecule has 6 heteroatoms. The van der Waals surface area contributed by atoms with Gasteiger partial charge in [-0.3, -0.25) is 9.59 Å². The first-order chi connectivity index (χ1) is 9.02. The van der Waals surface area contributed by atoms with Crippen molar-refractivity contribution in [2.24, 2.45) is 5.92 Å². The standard InChI is InChI=1S/C13H15NO5/c1-19-9-2-3-11(15)10(6-9)12(16)14-5-4-8(7-14)13(17)18/h2-3,6,8,15H,4-5,7H2,1H3,(H,17,18). The number of benzene rings is 1. The zero-order chi connectivity index (χ0) is 14.0. The smallest absolute Gasteiger partial charge is 0.308 e. The van der Waals surface area contributed by atoms with E-state index in [-0.39, 0.29) is 23.8 Å². The monoisotopic (exact) mass is 265 g/mol. The van der Waals surface area contributed by atoms with Gasteiger partial charge in [0.1, 0.15) is 11.5 Å². The highest BCUT2D eigenvalue weighted by Crippen LogP contribution is 2.26. The molecule has 102 valence electrons. The molecule has 0 saturated carbocycles. The van der Waals surface area contributed by atoms with Gasteiger partial charge in [-0.1, -0.05) is 0 Å². The van der Waals surface area contributed by atoms with E-state index >= 15 is 0 Å². The number of ether oxygens (including phenoxy) is 1. The highest BCUT2D eigenvalue weighted by molar-refractivity contribution is 5.97. The van der Waals surface area contributed by atoms with Gasteiger partial charge in [-0.25, -0.2) is 0 Å². The van der Waals surface area contributed by atoms with Crippen LogP contribution in [0.15, 0.2) is 18.2 Å². The van der Waals surface area contributed by atoms with Gasteiger partial charge in [0, 0.05) is 13.1 Å². The summed E-state index contributed by atoms with van der Waals surface area (Å²) in [4.78, 5) is 24.5. The van der Waals surface area contributed by atoms with Gasteiger partial charge in [-0.15, -0.1) is 0 Å². The lowest BCUT2D eigenvalue weighted by Crippen LogP contribution is -2.30. The van der Waals surface area contributed by atoms with Crippen LogP contribution in [-0.4, -0.2) is 47.2 Å². The topological polar surface area (TPSA) is 87.1 Å². The minimum atomic E-state index is -0.898. The number of amides is 1. The van der Waals surface area contributed by atoms with Crippen LogP contribution < -0.4 is 4.74 Å². The quantitative estimate of drug-likeness (QED) is 0.849. The molecule has 1 fully saturated rings. The Balaban J connectivity index is 2.18. The minimum Gasteiger partial charge on any atom is -0.507 e. The van der Waals surface area contributed by atoms with Crippen LogP contribution in [0.25, 0.3) is 0 Å². The molecule has 2 N–H and O–H groups in total. The Labute approximate surface area is 110 Å². The first-order valence-corrected chi connectivity index (χ1v) is 5.92. The first-order valence-electron chi connectivity index (χ1n) is 5.92.